The fourth-order valence-corrected chi connectivity index (χ4v) is 3.94. The van der Waals surface area contributed by atoms with Crippen molar-refractivity contribution in [2.75, 3.05) is 19.6 Å². The number of rotatable bonds is 3. The molecule has 1 aromatic carbocycles. The van der Waals surface area contributed by atoms with Crippen LogP contribution in [0.25, 0.3) is 10.9 Å². The summed E-state index contributed by atoms with van der Waals surface area (Å²) in [4.78, 5) is 13.9. The van der Waals surface area contributed by atoms with Crippen molar-refractivity contribution in [2.24, 2.45) is 5.41 Å². The highest BCUT2D eigenvalue weighted by Gasteiger charge is 2.43. The summed E-state index contributed by atoms with van der Waals surface area (Å²) in [5.74, 6) is -0.836. The molecule has 0 aliphatic carbocycles. The van der Waals surface area contributed by atoms with Gasteiger partial charge in [0.05, 0.1) is 5.56 Å². The van der Waals surface area contributed by atoms with Gasteiger partial charge in [0.15, 0.2) is 0 Å². The first kappa shape index (κ1) is 12.0. The van der Waals surface area contributed by atoms with Gasteiger partial charge in [0, 0.05) is 35.6 Å². The molecule has 4 heteroatoms. The minimum absolute atomic E-state index is 0.359. The number of para-hydroxylation sites is 1. The lowest BCUT2D eigenvalue weighted by molar-refractivity contribution is 0.0698. The topological polar surface area (TPSA) is 45.5 Å². The number of hydrogen-bond acceptors (Lipinski definition) is 2. The quantitative estimate of drug-likeness (QED) is 0.931. The van der Waals surface area contributed by atoms with Crippen molar-refractivity contribution in [3.63, 3.8) is 0 Å². The van der Waals surface area contributed by atoms with E-state index in [-0.39, 0.29) is 0 Å². The highest BCUT2D eigenvalue weighted by atomic mass is 16.4. The molecule has 4 rings (SSSR count). The van der Waals surface area contributed by atoms with E-state index in [0.717, 1.165) is 17.4 Å². The average Bonchev–Trinajstić information content (AvgIpc) is 3.12. The lowest BCUT2D eigenvalue weighted by Gasteiger charge is -2.26. The number of hydrogen-bond donors (Lipinski definition) is 1. The smallest absolute Gasteiger partial charge is 0.337 e. The second-order valence-corrected chi connectivity index (χ2v) is 6.27. The number of nitrogens with zero attached hydrogens (tertiary/aromatic N) is 2. The minimum atomic E-state index is -0.836. The molecular weight excluding hydrogens is 252 g/mol. The van der Waals surface area contributed by atoms with Gasteiger partial charge < -0.3 is 14.6 Å². The second-order valence-electron chi connectivity index (χ2n) is 6.27. The molecule has 0 atom stereocenters. The SMILES string of the molecule is O=C(O)c1cn(CC23CCN(CC2)C3)c2ccccc12. The molecule has 1 N–H and O–H groups in total. The first-order chi connectivity index (χ1) is 9.67. The van der Waals surface area contributed by atoms with Gasteiger partial charge >= 0.3 is 5.97 Å². The van der Waals surface area contributed by atoms with E-state index in [1.165, 1.54) is 32.5 Å². The molecule has 3 heterocycles. The van der Waals surface area contributed by atoms with Crippen LogP contribution in [0.2, 0.25) is 0 Å². The average molecular weight is 270 g/mol. The van der Waals surface area contributed by atoms with Crippen LogP contribution in [0.3, 0.4) is 0 Å². The molecule has 0 saturated carbocycles. The Hall–Kier alpha value is -1.81. The number of piperidine rings is 1. The molecule has 4 nitrogen and oxygen atoms in total. The molecule has 2 fully saturated rings. The predicted molar refractivity (Wildman–Crippen MR) is 77.0 cm³/mol. The second kappa shape index (κ2) is 4.09. The third-order valence-electron chi connectivity index (χ3n) is 5.00. The van der Waals surface area contributed by atoms with Gasteiger partial charge in [-0.3, -0.25) is 0 Å². The van der Waals surface area contributed by atoms with Crippen LogP contribution >= 0.6 is 0 Å². The number of benzene rings is 1. The van der Waals surface area contributed by atoms with Crippen LogP contribution in [0.4, 0.5) is 0 Å². The summed E-state index contributed by atoms with van der Waals surface area (Å²) in [7, 11) is 0. The summed E-state index contributed by atoms with van der Waals surface area (Å²) in [6.45, 7) is 4.51. The number of carbonyl (C=O) groups is 1. The maximum Gasteiger partial charge on any atom is 0.337 e. The highest BCUT2D eigenvalue weighted by Crippen LogP contribution is 2.42. The van der Waals surface area contributed by atoms with Crippen molar-refractivity contribution in [1.82, 2.24) is 9.47 Å². The van der Waals surface area contributed by atoms with Crippen LogP contribution in [-0.2, 0) is 6.54 Å². The molecular formula is C16H18N2O2. The van der Waals surface area contributed by atoms with E-state index in [1.807, 2.05) is 30.5 Å². The van der Waals surface area contributed by atoms with Gasteiger partial charge in [-0.1, -0.05) is 18.2 Å². The van der Waals surface area contributed by atoms with Crippen LogP contribution in [-0.4, -0.2) is 40.2 Å². The van der Waals surface area contributed by atoms with E-state index in [4.69, 9.17) is 0 Å². The number of aromatic nitrogens is 1. The molecule has 0 amide bonds. The highest BCUT2D eigenvalue weighted by molar-refractivity contribution is 6.03. The van der Waals surface area contributed by atoms with Gasteiger partial charge in [0.1, 0.15) is 0 Å². The molecule has 0 radical (unpaired) electrons. The number of carboxylic acids is 1. The van der Waals surface area contributed by atoms with E-state index < -0.39 is 5.97 Å². The summed E-state index contributed by atoms with van der Waals surface area (Å²) in [6.07, 6.45) is 4.30. The largest absolute Gasteiger partial charge is 0.478 e. The monoisotopic (exact) mass is 270 g/mol. The summed E-state index contributed by atoms with van der Waals surface area (Å²) < 4.78 is 2.16. The van der Waals surface area contributed by atoms with E-state index in [9.17, 15) is 9.90 Å². The molecule has 2 aliphatic rings. The Morgan fingerprint density at radius 3 is 2.65 bits per heavy atom. The van der Waals surface area contributed by atoms with Crippen molar-refractivity contribution < 1.29 is 9.90 Å². The summed E-state index contributed by atoms with van der Waals surface area (Å²) >= 11 is 0. The first-order valence-electron chi connectivity index (χ1n) is 7.20. The Bertz CT molecular complexity index is 681. The van der Waals surface area contributed by atoms with Crippen molar-refractivity contribution in [1.29, 1.82) is 0 Å². The lowest BCUT2D eigenvalue weighted by atomic mass is 9.84. The van der Waals surface area contributed by atoms with Gasteiger partial charge in [-0.2, -0.15) is 0 Å². The Kier molecular flexibility index (Phi) is 2.45. The Morgan fingerprint density at radius 1 is 1.25 bits per heavy atom. The van der Waals surface area contributed by atoms with Crippen molar-refractivity contribution in [3.8, 4) is 0 Å². The third kappa shape index (κ3) is 1.68. The first-order valence-corrected chi connectivity index (χ1v) is 7.20. The van der Waals surface area contributed by atoms with Crippen LogP contribution in [0.15, 0.2) is 30.5 Å². The maximum absolute atomic E-state index is 11.4. The Balaban J connectivity index is 1.78. The minimum Gasteiger partial charge on any atom is -0.478 e. The van der Waals surface area contributed by atoms with Gasteiger partial charge in [0.25, 0.3) is 0 Å². The molecule has 2 aromatic rings. The summed E-state index contributed by atoms with van der Waals surface area (Å²) in [6, 6.07) is 7.82. The molecule has 2 saturated heterocycles. The zero-order valence-electron chi connectivity index (χ0n) is 11.4. The molecule has 0 spiro atoms. The number of aromatic carboxylic acids is 1. The molecule has 0 unspecified atom stereocenters. The Morgan fingerprint density at radius 2 is 2.00 bits per heavy atom. The van der Waals surface area contributed by atoms with Gasteiger partial charge in [-0.25, -0.2) is 4.79 Å². The van der Waals surface area contributed by atoms with Crippen LogP contribution in [0.1, 0.15) is 23.2 Å². The van der Waals surface area contributed by atoms with Crippen LogP contribution in [0.5, 0.6) is 0 Å². The molecule has 1 aromatic heterocycles. The molecule has 2 bridgehead atoms. The summed E-state index contributed by atoms with van der Waals surface area (Å²) in [5, 5.41) is 10.2. The number of carboxylic acid groups (broad SMARTS) is 1. The van der Waals surface area contributed by atoms with Crippen LogP contribution in [0, 0.1) is 5.41 Å². The third-order valence-corrected chi connectivity index (χ3v) is 5.00. The van der Waals surface area contributed by atoms with Crippen LogP contribution < -0.4 is 0 Å². The van der Waals surface area contributed by atoms with Gasteiger partial charge in [-0.15, -0.1) is 0 Å². The van der Waals surface area contributed by atoms with Crippen molar-refractivity contribution in [2.45, 2.75) is 19.4 Å². The zero-order chi connectivity index (χ0) is 13.7. The van der Waals surface area contributed by atoms with E-state index in [2.05, 4.69) is 9.47 Å². The Labute approximate surface area is 117 Å². The van der Waals surface area contributed by atoms with Crippen molar-refractivity contribution in [3.05, 3.63) is 36.0 Å². The van der Waals surface area contributed by atoms with Gasteiger partial charge in [0.2, 0.25) is 0 Å². The fourth-order valence-electron chi connectivity index (χ4n) is 3.94. The van der Waals surface area contributed by atoms with E-state index in [0.29, 0.717) is 11.0 Å². The van der Waals surface area contributed by atoms with E-state index in [1.54, 1.807) is 0 Å². The molecule has 20 heavy (non-hydrogen) atoms. The standard InChI is InChI=1S/C16H18N2O2/c19-15(20)13-9-18(14-4-2-1-3-12(13)14)11-16-5-7-17(10-16)8-6-16/h1-4,9H,5-8,10-11H2,(H,19,20). The fraction of sp³-hybridized carbons (Fsp3) is 0.438. The maximum atomic E-state index is 11.4. The summed E-state index contributed by atoms with van der Waals surface area (Å²) in [5.41, 5.74) is 1.83. The number of fused-ring (bicyclic) bond motifs is 3. The molecule has 2 aliphatic heterocycles. The zero-order valence-corrected chi connectivity index (χ0v) is 11.4. The van der Waals surface area contributed by atoms with Crippen molar-refractivity contribution >= 4 is 16.9 Å². The normalized spacial score (nSPS) is 28.3. The lowest BCUT2D eigenvalue weighted by Crippen LogP contribution is -2.25. The predicted octanol–water partition coefficient (Wildman–Crippen LogP) is 2.44. The van der Waals surface area contributed by atoms with Gasteiger partial charge in [-0.05, 0) is 32.0 Å². The molecule has 104 valence electrons. The van der Waals surface area contributed by atoms with E-state index >= 15 is 0 Å².